The van der Waals surface area contributed by atoms with Gasteiger partial charge in [0.1, 0.15) is 11.5 Å². The van der Waals surface area contributed by atoms with Crippen LogP contribution in [0, 0.1) is 5.41 Å². The van der Waals surface area contributed by atoms with Crippen molar-refractivity contribution >= 4 is 6.03 Å². The molecule has 0 unspecified atom stereocenters. The second-order valence-corrected chi connectivity index (χ2v) is 7.61. The first-order chi connectivity index (χ1) is 12.8. The average Bonchev–Trinajstić information content (AvgIpc) is 2.66. The maximum Gasteiger partial charge on any atom is 0.318 e. The van der Waals surface area contributed by atoms with Crippen LogP contribution in [0.25, 0.3) is 0 Å². The SMILES string of the molecule is COc1ccc(CN(Cc2cccnc2)C(=O)NCC(C)(C)C)c(OC)c1. The molecule has 0 saturated carbocycles. The number of hydrogen-bond donors (Lipinski definition) is 1. The fraction of sp³-hybridized carbons (Fsp3) is 0.429. The van der Waals surface area contributed by atoms with Gasteiger partial charge >= 0.3 is 6.03 Å². The number of nitrogens with zero attached hydrogens (tertiary/aromatic N) is 2. The Labute approximate surface area is 161 Å². The Balaban J connectivity index is 2.22. The van der Waals surface area contributed by atoms with Crippen molar-refractivity contribution < 1.29 is 14.3 Å². The lowest BCUT2D eigenvalue weighted by atomic mass is 9.97. The van der Waals surface area contributed by atoms with E-state index in [0.29, 0.717) is 31.1 Å². The van der Waals surface area contributed by atoms with Crippen molar-refractivity contribution in [2.24, 2.45) is 5.41 Å². The molecule has 6 nitrogen and oxygen atoms in total. The van der Waals surface area contributed by atoms with Gasteiger partial charge in [-0.1, -0.05) is 26.8 Å². The molecule has 0 aliphatic carbocycles. The Bertz CT molecular complexity index is 742. The second kappa shape index (κ2) is 9.26. The van der Waals surface area contributed by atoms with Crippen LogP contribution in [0.1, 0.15) is 31.9 Å². The number of rotatable bonds is 7. The molecule has 1 N–H and O–H groups in total. The van der Waals surface area contributed by atoms with Gasteiger partial charge in [0.05, 0.1) is 20.8 Å². The Kier molecular flexibility index (Phi) is 7.05. The van der Waals surface area contributed by atoms with Crippen LogP contribution in [0.4, 0.5) is 4.79 Å². The molecule has 6 heteroatoms. The molecule has 27 heavy (non-hydrogen) atoms. The summed E-state index contributed by atoms with van der Waals surface area (Å²) in [6.45, 7) is 7.73. The van der Waals surface area contributed by atoms with Gasteiger partial charge in [-0.15, -0.1) is 0 Å². The van der Waals surface area contributed by atoms with Crippen molar-refractivity contribution in [3.05, 3.63) is 53.9 Å². The van der Waals surface area contributed by atoms with E-state index in [1.54, 1.807) is 31.5 Å². The summed E-state index contributed by atoms with van der Waals surface area (Å²) in [5.74, 6) is 1.40. The smallest absolute Gasteiger partial charge is 0.318 e. The number of carbonyl (C=O) groups is 1. The predicted octanol–water partition coefficient (Wildman–Crippen LogP) is 3.86. The van der Waals surface area contributed by atoms with Gasteiger partial charge in [0.15, 0.2) is 0 Å². The Morgan fingerprint density at radius 2 is 1.93 bits per heavy atom. The standard InChI is InChI=1S/C21H29N3O3/c1-21(2,3)15-23-20(25)24(13-16-7-6-10-22-12-16)14-17-8-9-18(26-4)11-19(17)27-5/h6-12H,13-15H2,1-5H3,(H,23,25). The summed E-state index contributed by atoms with van der Waals surface area (Å²) < 4.78 is 10.7. The van der Waals surface area contributed by atoms with E-state index < -0.39 is 0 Å². The third-order valence-electron chi connectivity index (χ3n) is 4.01. The summed E-state index contributed by atoms with van der Waals surface area (Å²) in [5.41, 5.74) is 1.89. The third-order valence-corrected chi connectivity index (χ3v) is 4.01. The fourth-order valence-electron chi connectivity index (χ4n) is 2.55. The zero-order valence-corrected chi connectivity index (χ0v) is 16.8. The maximum absolute atomic E-state index is 12.9. The van der Waals surface area contributed by atoms with Gasteiger partial charge in [-0.05, 0) is 29.2 Å². The summed E-state index contributed by atoms with van der Waals surface area (Å²) in [4.78, 5) is 18.8. The van der Waals surface area contributed by atoms with Crippen molar-refractivity contribution in [3.8, 4) is 11.5 Å². The van der Waals surface area contributed by atoms with E-state index in [9.17, 15) is 4.79 Å². The summed E-state index contributed by atoms with van der Waals surface area (Å²) >= 11 is 0. The van der Waals surface area contributed by atoms with E-state index in [2.05, 4.69) is 31.1 Å². The van der Waals surface area contributed by atoms with Crippen LogP contribution in [0.5, 0.6) is 11.5 Å². The lowest BCUT2D eigenvalue weighted by Gasteiger charge is -2.27. The van der Waals surface area contributed by atoms with E-state index in [1.165, 1.54) is 0 Å². The molecule has 0 spiro atoms. The number of urea groups is 1. The van der Waals surface area contributed by atoms with E-state index in [0.717, 1.165) is 11.1 Å². The van der Waals surface area contributed by atoms with Gasteiger partial charge in [0.25, 0.3) is 0 Å². The highest BCUT2D eigenvalue weighted by atomic mass is 16.5. The van der Waals surface area contributed by atoms with Gasteiger partial charge in [0, 0.05) is 37.1 Å². The number of aromatic nitrogens is 1. The molecule has 1 aromatic carbocycles. The van der Waals surface area contributed by atoms with Crippen molar-refractivity contribution in [1.82, 2.24) is 15.2 Å². The van der Waals surface area contributed by atoms with E-state index in [1.807, 2.05) is 30.3 Å². The molecule has 0 aliphatic heterocycles. The summed E-state index contributed by atoms with van der Waals surface area (Å²) in [7, 11) is 3.23. The first-order valence-corrected chi connectivity index (χ1v) is 8.95. The van der Waals surface area contributed by atoms with E-state index in [-0.39, 0.29) is 11.4 Å². The molecule has 0 fully saturated rings. The van der Waals surface area contributed by atoms with Gasteiger partial charge < -0.3 is 19.7 Å². The first-order valence-electron chi connectivity index (χ1n) is 8.95. The van der Waals surface area contributed by atoms with Crippen molar-refractivity contribution in [3.63, 3.8) is 0 Å². The number of nitrogens with one attached hydrogen (secondary N) is 1. The molecule has 2 aromatic rings. The molecule has 2 rings (SSSR count). The van der Waals surface area contributed by atoms with Gasteiger partial charge in [-0.25, -0.2) is 4.79 Å². The van der Waals surface area contributed by atoms with E-state index in [4.69, 9.17) is 9.47 Å². The summed E-state index contributed by atoms with van der Waals surface area (Å²) in [5, 5.41) is 3.02. The number of pyridine rings is 1. The van der Waals surface area contributed by atoms with Crippen molar-refractivity contribution in [1.29, 1.82) is 0 Å². The van der Waals surface area contributed by atoms with Crippen molar-refractivity contribution in [2.45, 2.75) is 33.9 Å². The molecule has 1 heterocycles. The number of benzene rings is 1. The van der Waals surface area contributed by atoms with Crippen LogP contribution < -0.4 is 14.8 Å². The zero-order chi connectivity index (χ0) is 19.9. The van der Waals surface area contributed by atoms with Crippen molar-refractivity contribution in [2.75, 3.05) is 20.8 Å². The van der Waals surface area contributed by atoms with Gasteiger partial charge in [0.2, 0.25) is 0 Å². The van der Waals surface area contributed by atoms with E-state index >= 15 is 0 Å². The highest BCUT2D eigenvalue weighted by Gasteiger charge is 2.19. The molecule has 2 amide bonds. The third kappa shape index (κ3) is 6.47. The predicted molar refractivity (Wildman–Crippen MR) is 106 cm³/mol. The first kappa shape index (κ1) is 20.6. The highest BCUT2D eigenvalue weighted by molar-refractivity contribution is 5.74. The topological polar surface area (TPSA) is 63.7 Å². The molecule has 0 atom stereocenters. The molecule has 0 saturated heterocycles. The lowest BCUT2D eigenvalue weighted by Crippen LogP contribution is -2.42. The Morgan fingerprint density at radius 3 is 2.52 bits per heavy atom. The number of amides is 2. The highest BCUT2D eigenvalue weighted by Crippen LogP contribution is 2.26. The monoisotopic (exact) mass is 371 g/mol. The number of carbonyl (C=O) groups excluding carboxylic acids is 1. The van der Waals surface area contributed by atoms with Crippen LogP contribution in [-0.2, 0) is 13.1 Å². The molecule has 0 aliphatic rings. The average molecular weight is 371 g/mol. The minimum atomic E-state index is -0.119. The molecular weight excluding hydrogens is 342 g/mol. The number of methoxy groups -OCH3 is 2. The molecule has 0 radical (unpaired) electrons. The number of ether oxygens (including phenoxy) is 2. The second-order valence-electron chi connectivity index (χ2n) is 7.61. The lowest BCUT2D eigenvalue weighted by molar-refractivity contribution is 0.187. The van der Waals surface area contributed by atoms with Gasteiger partial charge in [-0.3, -0.25) is 4.98 Å². The molecular formula is C21H29N3O3. The summed E-state index contributed by atoms with van der Waals surface area (Å²) in [6.07, 6.45) is 3.50. The van der Waals surface area contributed by atoms with Gasteiger partial charge in [-0.2, -0.15) is 0 Å². The molecule has 1 aromatic heterocycles. The molecule has 146 valence electrons. The normalized spacial score (nSPS) is 11.0. The molecule has 0 bridgehead atoms. The summed E-state index contributed by atoms with van der Waals surface area (Å²) in [6, 6.07) is 9.33. The number of hydrogen-bond acceptors (Lipinski definition) is 4. The Morgan fingerprint density at radius 1 is 1.15 bits per heavy atom. The minimum absolute atomic E-state index is 0.00738. The van der Waals surface area contributed by atoms with Crippen LogP contribution in [0.2, 0.25) is 0 Å². The Hall–Kier alpha value is -2.76. The van der Waals surface area contributed by atoms with Crippen LogP contribution in [0.15, 0.2) is 42.7 Å². The van der Waals surface area contributed by atoms with Crippen LogP contribution in [-0.4, -0.2) is 36.7 Å². The zero-order valence-electron chi connectivity index (χ0n) is 16.8. The minimum Gasteiger partial charge on any atom is -0.497 e. The van der Waals surface area contributed by atoms with Crippen LogP contribution >= 0.6 is 0 Å². The quantitative estimate of drug-likeness (QED) is 0.803. The fourth-order valence-corrected chi connectivity index (χ4v) is 2.55. The largest absolute Gasteiger partial charge is 0.497 e. The maximum atomic E-state index is 12.9. The van der Waals surface area contributed by atoms with Crippen LogP contribution in [0.3, 0.4) is 0 Å².